The number of pyridine rings is 1. The van der Waals surface area contributed by atoms with Crippen LogP contribution in [0.15, 0.2) is 12.3 Å². The highest BCUT2D eigenvalue weighted by atomic mass is 32.1. The van der Waals surface area contributed by atoms with Gasteiger partial charge in [0.25, 0.3) is 0 Å². The smallest absolute Gasteiger partial charge is 0.160 e. The zero-order valence-electron chi connectivity index (χ0n) is 8.94. The van der Waals surface area contributed by atoms with E-state index in [-0.39, 0.29) is 0 Å². The molecule has 0 aromatic carbocycles. The van der Waals surface area contributed by atoms with Gasteiger partial charge in [-0.15, -0.1) is 11.3 Å². The van der Waals surface area contributed by atoms with Gasteiger partial charge in [-0.25, -0.2) is 4.98 Å². The molecule has 0 fully saturated rings. The predicted molar refractivity (Wildman–Crippen MR) is 64.1 cm³/mol. The summed E-state index contributed by atoms with van der Waals surface area (Å²) in [6, 6.07) is 1.97. The number of aryl methyl sites for hydroxylation is 1. The lowest BCUT2D eigenvalue weighted by Gasteiger charge is -2.13. The van der Waals surface area contributed by atoms with E-state index in [9.17, 15) is 4.79 Å². The van der Waals surface area contributed by atoms with Crippen molar-refractivity contribution in [3.8, 4) is 0 Å². The van der Waals surface area contributed by atoms with Crippen LogP contribution in [-0.4, -0.2) is 25.4 Å². The van der Waals surface area contributed by atoms with E-state index in [2.05, 4.69) is 4.98 Å². The minimum Gasteiger partial charge on any atom is -0.377 e. The summed E-state index contributed by atoms with van der Waals surface area (Å²) < 4.78 is 0. The maximum Gasteiger partial charge on any atom is 0.160 e. The summed E-state index contributed by atoms with van der Waals surface area (Å²) in [5, 5.41) is 1.09. The first kappa shape index (κ1) is 10.1. The molecule has 4 heteroatoms. The number of fused-ring (bicyclic) bond motifs is 1. The Morgan fingerprint density at radius 3 is 2.80 bits per heavy atom. The molecule has 3 nitrogen and oxygen atoms in total. The lowest BCUT2D eigenvalue weighted by atomic mass is 10.1. The third-order valence-electron chi connectivity index (χ3n) is 2.43. The predicted octanol–water partition coefficient (Wildman–Crippen LogP) is 2.48. The highest BCUT2D eigenvalue weighted by Crippen LogP contribution is 2.34. The SMILES string of the molecule is Cc1c(C=O)sc2nccc(N(C)C)c12. The first-order chi connectivity index (χ1) is 7.15. The minimum absolute atomic E-state index is 0.770. The number of anilines is 1. The largest absolute Gasteiger partial charge is 0.377 e. The van der Waals surface area contributed by atoms with Gasteiger partial charge >= 0.3 is 0 Å². The number of thiophene rings is 1. The van der Waals surface area contributed by atoms with Crippen LogP contribution < -0.4 is 4.90 Å². The number of carbonyl (C=O) groups is 1. The molecule has 2 heterocycles. The molecule has 78 valence electrons. The third-order valence-corrected chi connectivity index (χ3v) is 3.56. The van der Waals surface area contributed by atoms with Crippen LogP contribution in [0.25, 0.3) is 10.2 Å². The molecular formula is C11H12N2OS. The van der Waals surface area contributed by atoms with Gasteiger partial charge in [0.05, 0.1) is 4.88 Å². The Bertz CT molecular complexity index is 517. The first-order valence-corrected chi connectivity index (χ1v) is 5.47. The number of hydrogen-bond donors (Lipinski definition) is 0. The molecule has 0 radical (unpaired) electrons. The van der Waals surface area contributed by atoms with E-state index in [1.807, 2.05) is 32.0 Å². The molecule has 0 unspecified atom stereocenters. The number of aldehydes is 1. The second-order valence-electron chi connectivity index (χ2n) is 3.61. The summed E-state index contributed by atoms with van der Waals surface area (Å²) in [4.78, 5) is 18.9. The molecule has 2 aromatic rings. The van der Waals surface area contributed by atoms with Crippen LogP contribution in [0.3, 0.4) is 0 Å². The number of rotatable bonds is 2. The van der Waals surface area contributed by atoms with E-state index in [1.165, 1.54) is 11.3 Å². The normalized spacial score (nSPS) is 10.6. The lowest BCUT2D eigenvalue weighted by Crippen LogP contribution is -2.09. The molecule has 2 aromatic heterocycles. The van der Waals surface area contributed by atoms with E-state index < -0.39 is 0 Å². The van der Waals surface area contributed by atoms with Gasteiger partial charge in [-0.1, -0.05) is 0 Å². The monoisotopic (exact) mass is 220 g/mol. The maximum atomic E-state index is 10.8. The van der Waals surface area contributed by atoms with Crippen molar-refractivity contribution in [2.75, 3.05) is 19.0 Å². The molecule has 0 saturated heterocycles. The Morgan fingerprint density at radius 2 is 2.20 bits per heavy atom. The van der Waals surface area contributed by atoms with Crippen molar-refractivity contribution in [1.29, 1.82) is 0 Å². The van der Waals surface area contributed by atoms with E-state index in [0.29, 0.717) is 0 Å². The first-order valence-electron chi connectivity index (χ1n) is 4.65. The van der Waals surface area contributed by atoms with Crippen LogP contribution in [-0.2, 0) is 0 Å². The van der Waals surface area contributed by atoms with Gasteiger partial charge in [-0.3, -0.25) is 4.79 Å². The number of aromatic nitrogens is 1. The molecule has 0 atom stereocenters. The third kappa shape index (κ3) is 1.51. The summed E-state index contributed by atoms with van der Waals surface area (Å²) in [5.74, 6) is 0. The second kappa shape index (κ2) is 3.62. The van der Waals surface area contributed by atoms with Crippen molar-refractivity contribution >= 4 is 33.5 Å². The van der Waals surface area contributed by atoms with Gasteiger partial charge in [0.15, 0.2) is 6.29 Å². The molecule has 0 bridgehead atoms. The van der Waals surface area contributed by atoms with Crippen LogP contribution in [0.4, 0.5) is 5.69 Å². The lowest BCUT2D eigenvalue weighted by molar-refractivity contribution is 0.112. The van der Waals surface area contributed by atoms with Gasteiger partial charge in [0.1, 0.15) is 4.83 Å². The molecule has 0 spiro atoms. The van der Waals surface area contributed by atoms with E-state index in [4.69, 9.17) is 0 Å². The summed E-state index contributed by atoms with van der Waals surface area (Å²) in [6.45, 7) is 1.97. The van der Waals surface area contributed by atoms with Gasteiger partial charge in [-0.2, -0.15) is 0 Å². The summed E-state index contributed by atoms with van der Waals surface area (Å²) in [6.07, 6.45) is 2.68. The Balaban J connectivity index is 2.84. The van der Waals surface area contributed by atoms with Gasteiger partial charge in [0.2, 0.25) is 0 Å². The van der Waals surface area contributed by atoms with E-state index >= 15 is 0 Å². The molecular weight excluding hydrogens is 208 g/mol. The van der Waals surface area contributed by atoms with Crippen molar-refractivity contribution in [3.63, 3.8) is 0 Å². The Morgan fingerprint density at radius 1 is 1.47 bits per heavy atom. The molecule has 0 aliphatic heterocycles. The Hall–Kier alpha value is -1.42. The Labute approximate surface area is 92.4 Å². The molecule has 2 rings (SSSR count). The minimum atomic E-state index is 0.770. The fourth-order valence-corrected chi connectivity index (χ4v) is 2.64. The van der Waals surface area contributed by atoms with Crippen molar-refractivity contribution in [2.24, 2.45) is 0 Å². The molecule has 0 saturated carbocycles. The zero-order valence-corrected chi connectivity index (χ0v) is 9.76. The zero-order chi connectivity index (χ0) is 11.0. The average molecular weight is 220 g/mol. The van der Waals surface area contributed by atoms with Crippen LogP contribution >= 0.6 is 11.3 Å². The standard InChI is InChI=1S/C11H12N2OS/c1-7-9(6-14)15-11-10(7)8(13(2)3)4-5-12-11/h4-6H,1-3H3. The van der Waals surface area contributed by atoms with E-state index in [1.54, 1.807) is 6.20 Å². The summed E-state index contributed by atoms with van der Waals surface area (Å²) in [5.41, 5.74) is 2.14. The van der Waals surface area contributed by atoms with Crippen LogP contribution in [0.5, 0.6) is 0 Å². The molecule has 15 heavy (non-hydrogen) atoms. The highest BCUT2D eigenvalue weighted by molar-refractivity contribution is 7.20. The molecule has 0 amide bonds. The van der Waals surface area contributed by atoms with Gasteiger partial charge < -0.3 is 4.90 Å². The van der Waals surface area contributed by atoms with Crippen LogP contribution in [0.1, 0.15) is 15.2 Å². The molecule has 0 N–H and O–H groups in total. The number of carbonyl (C=O) groups excluding carboxylic acids is 1. The van der Waals surface area contributed by atoms with Gasteiger partial charge in [0, 0.05) is 31.4 Å². The molecule has 0 aliphatic rings. The number of nitrogens with zero attached hydrogens (tertiary/aromatic N) is 2. The summed E-state index contributed by atoms with van der Waals surface area (Å²) in [7, 11) is 3.99. The fourth-order valence-electron chi connectivity index (χ4n) is 1.65. The van der Waals surface area contributed by atoms with Crippen molar-refractivity contribution in [1.82, 2.24) is 4.98 Å². The maximum absolute atomic E-state index is 10.8. The molecule has 0 aliphatic carbocycles. The number of hydrogen-bond acceptors (Lipinski definition) is 4. The average Bonchev–Trinajstić information content (AvgIpc) is 2.55. The highest BCUT2D eigenvalue weighted by Gasteiger charge is 2.13. The second-order valence-corrected chi connectivity index (χ2v) is 4.64. The quantitative estimate of drug-likeness (QED) is 0.729. The fraction of sp³-hybridized carbons (Fsp3) is 0.273. The topological polar surface area (TPSA) is 33.2 Å². The van der Waals surface area contributed by atoms with Crippen LogP contribution in [0.2, 0.25) is 0 Å². The van der Waals surface area contributed by atoms with Gasteiger partial charge in [-0.05, 0) is 18.6 Å². The van der Waals surface area contributed by atoms with Crippen molar-refractivity contribution in [3.05, 3.63) is 22.7 Å². The van der Waals surface area contributed by atoms with E-state index in [0.717, 1.165) is 32.6 Å². The van der Waals surface area contributed by atoms with Crippen LogP contribution in [0, 0.1) is 6.92 Å². The van der Waals surface area contributed by atoms with Crippen molar-refractivity contribution < 1.29 is 4.79 Å². The summed E-state index contributed by atoms with van der Waals surface area (Å²) >= 11 is 1.45. The Kier molecular flexibility index (Phi) is 2.44. The van der Waals surface area contributed by atoms with Crippen molar-refractivity contribution in [2.45, 2.75) is 6.92 Å².